The molecule has 0 spiro atoms. The van der Waals surface area contributed by atoms with Crippen LogP contribution >= 0.6 is 0 Å². The van der Waals surface area contributed by atoms with Gasteiger partial charge in [-0.3, -0.25) is 5.41 Å². The van der Waals surface area contributed by atoms with Gasteiger partial charge in [0.25, 0.3) is 0 Å². The molecule has 0 fully saturated rings. The van der Waals surface area contributed by atoms with E-state index in [1.54, 1.807) is 31.6 Å². The summed E-state index contributed by atoms with van der Waals surface area (Å²) in [4.78, 5) is 6.09. The highest BCUT2D eigenvalue weighted by molar-refractivity contribution is 5.94. The second kappa shape index (κ2) is 8.73. The number of aromatic nitrogens is 2. The first kappa shape index (κ1) is 20.3. The molecule has 1 aromatic heterocycles. The van der Waals surface area contributed by atoms with Crippen LogP contribution in [-0.2, 0) is 0 Å². The van der Waals surface area contributed by atoms with Gasteiger partial charge in [0.15, 0.2) is 0 Å². The second-order valence-corrected chi connectivity index (χ2v) is 6.91. The molecule has 0 aliphatic heterocycles. The molecular formula is C23H25FN4O. The summed E-state index contributed by atoms with van der Waals surface area (Å²) in [6.07, 6.45) is 7.32. The summed E-state index contributed by atoms with van der Waals surface area (Å²) in [5, 5.41) is 8.37. The van der Waals surface area contributed by atoms with Crippen molar-refractivity contribution in [2.45, 2.75) is 19.9 Å². The lowest BCUT2D eigenvalue weighted by Crippen LogP contribution is -2.27. The van der Waals surface area contributed by atoms with E-state index in [4.69, 9.17) is 10.1 Å². The number of ether oxygens (including phenoxy) is 1. The Kier molecular flexibility index (Phi) is 6.12. The summed E-state index contributed by atoms with van der Waals surface area (Å²) in [5.41, 5.74) is 3.72. The molecule has 1 N–H and O–H groups in total. The Labute approximate surface area is 170 Å². The van der Waals surface area contributed by atoms with Gasteiger partial charge in [-0.2, -0.15) is 0 Å². The third kappa shape index (κ3) is 4.71. The summed E-state index contributed by atoms with van der Waals surface area (Å²) in [7, 11) is 3.49. The molecule has 3 rings (SSSR count). The van der Waals surface area contributed by atoms with Crippen LogP contribution in [0.2, 0.25) is 0 Å². The van der Waals surface area contributed by atoms with Crippen LogP contribution in [0.25, 0.3) is 11.8 Å². The number of hydrogen-bond donors (Lipinski definition) is 1. The van der Waals surface area contributed by atoms with Gasteiger partial charge in [-0.1, -0.05) is 24.3 Å². The van der Waals surface area contributed by atoms with E-state index in [0.29, 0.717) is 5.84 Å². The lowest BCUT2D eigenvalue weighted by Gasteiger charge is -2.26. The van der Waals surface area contributed by atoms with E-state index in [2.05, 4.69) is 4.98 Å². The Morgan fingerprint density at radius 1 is 1.24 bits per heavy atom. The topological polar surface area (TPSA) is 54.1 Å². The van der Waals surface area contributed by atoms with Crippen LogP contribution in [0, 0.1) is 18.2 Å². The maximum atomic E-state index is 13.1. The highest BCUT2D eigenvalue weighted by atomic mass is 19.1. The zero-order valence-electron chi connectivity index (χ0n) is 17.1. The smallest absolute Gasteiger partial charge is 0.143 e. The molecule has 1 atom stereocenters. The van der Waals surface area contributed by atoms with Crippen LogP contribution in [-0.4, -0.2) is 34.4 Å². The molecule has 29 heavy (non-hydrogen) atoms. The van der Waals surface area contributed by atoms with Gasteiger partial charge in [-0.25, -0.2) is 9.37 Å². The molecule has 5 nitrogen and oxygen atoms in total. The molecule has 0 saturated carbocycles. The van der Waals surface area contributed by atoms with E-state index in [1.165, 1.54) is 12.1 Å². The van der Waals surface area contributed by atoms with E-state index < -0.39 is 0 Å². The number of amidine groups is 1. The minimum absolute atomic E-state index is 0.0471. The van der Waals surface area contributed by atoms with E-state index in [0.717, 1.165) is 28.3 Å². The molecule has 150 valence electrons. The predicted octanol–water partition coefficient (Wildman–Crippen LogP) is 5.01. The van der Waals surface area contributed by atoms with Crippen molar-refractivity contribution in [2.75, 3.05) is 14.2 Å². The lowest BCUT2D eigenvalue weighted by molar-refractivity contribution is 0.402. The fourth-order valence-electron chi connectivity index (χ4n) is 3.03. The van der Waals surface area contributed by atoms with Crippen molar-refractivity contribution in [1.82, 2.24) is 14.5 Å². The average molecular weight is 392 g/mol. The summed E-state index contributed by atoms with van der Waals surface area (Å²) < 4.78 is 20.6. The highest BCUT2D eigenvalue weighted by Gasteiger charge is 2.13. The largest absolute Gasteiger partial charge is 0.495 e. The Hall–Kier alpha value is -3.41. The van der Waals surface area contributed by atoms with Crippen LogP contribution < -0.4 is 4.74 Å². The van der Waals surface area contributed by atoms with Crippen molar-refractivity contribution in [3.63, 3.8) is 0 Å². The molecule has 6 heteroatoms. The standard InChI is InChI=1S/C23H25FN4O/c1-16-14-28(15-26-16)21-11-5-18(13-22(21)29-4)6-12-23(25)27(3)17(2)19-7-9-20(24)10-8-19/h5-15,17,25H,1-4H3/b12-6+,25-23?. The van der Waals surface area contributed by atoms with Gasteiger partial charge in [0.2, 0.25) is 0 Å². The number of nitrogens with zero attached hydrogens (tertiary/aromatic N) is 3. The van der Waals surface area contributed by atoms with E-state index in [-0.39, 0.29) is 11.9 Å². The molecule has 1 unspecified atom stereocenters. The first-order valence-corrected chi connectivity index (χ1v) is 9.33. The predicted molar refractivity (Wildman–Crippen MR) is 114 cm³/mol. The van der Waals surface area contributed by atoms with Gasteiger partial charge in [-0.05, 0) is 55.3 Å². The molecule has 0 amide bonds. The van der Waals surface area contributed by atoms with E-state index in [1.807, 2.05) is 60.8 Å². The van der Waals surface area contributed by atoms with Crippen molar-refractivity contribution >= 4 is 11.9 Å². The maximum Gasteiger partial charge on any atom is 0.143 e. The fraction of sp³-hybridized carbons (Fsp3) is 0.217. The normalized spacial score (nSPS) is 12.2. The molecule has 1 heterocycles. The number of methoxy groups -OCH3 is 1. The molecule has 3 aromatic rings. The fourth-order valence-corrected chi connectivity index (χ4v) is 3.03. The molecule has 0 saturated heterocycles. The van der Waals surface area contributed by atoms with Gasteiger partial charge < -0.3 is 14.2 Å². The quantitative estimate of drug-likeness (QED) is 0.474. The number of aryl methyl sites for hydroxylation is 1. The van der Waals surface area contributed by atoms with Crippen molar-refractivity contribution in [3.05, 3.63) is 83.7 Å². The number of likely N-dealkylation sites (N-methyl/N-ethyl adjacent to an activating group) is 1. The molecule has 0 bridgehead atoms. The Morgan fingerprint density at radius 2 is 1.97 bits per heavy atom. The number of benzene rings is 2. The van der Waals surface area contributed by atoms with Crippen LogP contribution in [0.5, 0.6) is 5.75 Å². The van der Waals surface area contributed by atoms with E-state index >= 15 is 0 Å². The molecular weight excluding hydrogens is 367 g/mol. The zero-order valence-corrected chi connectivity index (χ0v) is 17.1. The van der Waals surface area contributed by atoms with Gasteiger partial charge in [-0.15, -0.1) is 0 Å². The molecule has 0 aliphatic rings. The van der Waals surface area contributed by atoms with Gasteiger partial charge in [0, 0.05) is 13.2 Å². The monoisotopic (exact) mass is 392 g/mol. The SMILES string of the molecule is COc1cc(/C=C/C(=N)N(C)C(C)c2ccc(F)cc2)ccc1-n1cnc(C)c1. The minimum Gasteiger partial charge on any atom is -0.495 e. The Bertz CT molecular complexity index is 1020. The number of hydrogen-bond acceptors (Lipinski definition) is 3. The Balaban J connectivity index is 1.74. The third-order valence-electron chi connectivity index (χ3n) is 4.94. The number of halogens is 1. The number of nitrogens with one attached hydrogen (secondary N) is 1. The molecule has 0 radical (unpaired) electrons. The Morgan fingerprint density at radius 3 is 2.59 bits per heavy atom. The van der Waals surface area contributed by atoms with E-state index in [9.17, 15) is 4.39 Å². The lowest BCUT2D eigenvalue weighted by atomic mass is 10.1. The highest BCUT2D eigenvalue weighted by Crippen LogP contribution is 2.25. The number of rotatable bonds is 6. The van der Waals surface area contributed by atoms with Gasteiger partial charge in [0.05, 0.1) is 30.9 Å². The van der Waals surface area contributed by atoms with Crippen LogP contribution in [0.15, 0.2) is 61.1 Å². The molecule has 0 aliphatic carbocycles. The first-order chi connectivity index (χ1) is 13.9. The van der Waals surface area contributed by atoms with Crippen LogP contribution in [0.3, 0.4) is 0 Å². The van der Waals surface area contributed by atoms with Crippen LogP contribution in [0.1, 0.15) is 29.8 Å². The minimum atomic E-state index is -0.262. The summed E-state index contributed by atoms with van der Waals surface area (Å²) in [6, 6.07) is 12.2. The van der Waals surface area contributed by atoms with Crippen LogP contribution in [0.4, 0.5) is 4.39 Å². The third-order valence-corrected chi connectivity index (χ3v) is 4.94. The first-order valence-electron chi connectivity index (χ1n) is 9.33. The maximum absolute atomic E-state index is 13.1. The summed E-state index contributed by atoms with van der Waals surface area (Å²) in [6.45, 7) is 3.93. The van der Waals surface area contributed by atoms with Crippen molar-refractivity contribution in [1.29, 1.82) is 5.41 Å². The molecule has 2 aromatic carbocycles. The van der Waals surface area contributed by atoms with Crippen molar-refractivity contribution in [2.24, 2.45) is 0 Å². The van der Waals surface area contributed by atoms with Crippen molar-refractivity contribution < 1.29 is 9.13 Å². The van der Waals surface area contributed by atoms with Gasteiger partial charge in [0.1, 0.15) is 17.4 Å². The number of imidazole rings is 1. The summed E-state index contributed by atoms with van der Waals surface area (Å²) >= 11 is 0. The zero-order chi connectivity index (χ0) is 21.0. The van der Waals surface area contributed by atoms with Gasteiger partial charge >= 0.3 is 0 Å². The van der Waals surface area contributed by atoms with Crippen molar-refractivity contribution in [3.8, 4) is 11.4 Å². The second-order valence-electron chi connectivity index (χ2n) is 6.91. The average Bonchev–Trinajstić information content (AvgIpc) is 3.17. The summed E-state index contributed by atoms with van der Waals surface area (Å²) in [5.74, 6) is 0.820.